The van der Waals surface area contributed by atoms with E-state index in [9.17, 15) is 9.18 Å². The van der Waals surface area contributed by atoms with Crippen LogP contribution in [0, 0.1) is 0 Å². The number of carbonyl (C=O) groups is 1. The van der Waals surface area contributed by atoms with Gasteiger partial charge in [0.15, 0.2) is 0 Å². The fourth-order valence-electron chi connectivity index (χ4n) is 2.53. The smallest absolute Gasteiger partial charge is 0.256 e. The number of nitrogens with zero attached hydrogens (tertiary/aromatic N) is 1. The number of amides is 1. The van der Waals surface area contributed by atoms with E-state index in [1.807, 2.05) is 66.6 Å². The van der Waals surface area contributed by atoms with Crippen LogP contribution >= 0.6 is 0 Å². The van der Waals surface area contributed by atoms with Crippen LogP contribution in [0.5, 0.6) is 0 Å². The quantitative estimate of drug-likeness (QED) is 0.875. The van der Waals surface area contributed by atoms with Gasteiger partial charge in [-0.2, -0.15) is 0 Å². The van der Waals surface area contributed by atoms with Crippen molar-refractivity contribution in [2.75, 3.05) is 30.5 Å². The first-order chi connectivity index (χ1) is 10.7. The van der Waals surface area contributed by atoms with Crippen molar-refractivity contribution in [3.63, 3.8) is 0 Å². The molecule has 0 fully saturated rings. The van der Waals surface area contributed by atoms with Gasteiger partial charge in [-0.25, -0.2) is 4.39 Å². The lowest BCUT2D eigenvalue weighted by atomic mass is 10.0. The second-order valence-electron chi connectivity index (χ2n) is 5.26. The van der Waals surface area contributed by atoms with Crippen molar-refractivity contribution in [1.29, 1.82) is 0 Å². The SMILES string of the molecule is CN(CCF)c1ccc(/C=C2/C(=O)Nc3ccccc32)cc1. The third kappa shape index (κ3) is 2.72. The van der Waals surface area contributed by atoms with Crippen LogP contribution in [0.1, 0.15) is 11.1 Å². The van der Waals surface area contributed by atoms with Crippen LogP contribution in [0.15, 0.2) is 48.5 Å². The molecule has 0 unspecified atom stereocenters. The largest absolute Gasteiger partial charge is 0.372 e. The summed E-state index contributed by atoms with van der Waals surface area (Å²) in [5.74, 6) is -0.0835. The molecule has 3 nitrogen and oxygen atoms in total. The number of halogens is 1. The third-order valence-corrected chi connectivity index (χ3v) is 3.77. The lowest BCUT2D eigenvalue weighted by Gasteiger charge is -2.17. The molecule has 0 saturated heterocycles. The van der Waals surface area contributed by atoms with Gasteiger partial charge in [0.25, 0.3) is 5.91 Å². The molecule has 0 bridgehead atoms. The first kappa shape index (κ1) is 14.3. The van der Waals surface area contributed by atoms with Gasteiger partial charge >= 0.3 is 0 Å². The van der Waals surface area contributed by atoms with Gasteiger partial charge in [0.1, 0.15) is 6.67 Å². The molecule has 112 valence electrons. The minimum atomic E-state index is -0.376. The van der Waals surface area contributed by atoms with E-state index in [2.05, 4.69) is 5.32 Å². The highest BCUT2D eigenvalue weighted by molar-refractivity contribution is 6.34. The highest BCUT2D eigenvalue weighted by Crippen LogP contribution is 2.32. The van der Waals surface area contributed by atoms with E-state index in [1.165, 1.54) is 0 Å². The summed E-state index contributed by atoms with van der Waals surface area (Å²) in [7, 11) is 1.85. The fraction of sp³-hybridized carbons (Fsp3) is 0.167. The Balaban J connectivity index is 1.88. The molecule has 2 aromatic carbocycles. The number of anilines is 2. The first-order valence-corrected chi connectivity index (χ1v) is 7.18. The Morgan fingerprint density at radius 3 is 2.59 bits per heavy atom. The zero-order valence-electron chi connectivity index (χ0n) is 12.3. The second-order valence-corrected chi connectivity index (χ2v) is 5.26. The molecule has 1 amide bonds. The number of hydrogen-bond donors (Lipinski definition) is 1. The van der Waals surface area contributed by atoms with Crippen molar-refractivity contribution in [3.05, 3.63) is 59.7 Å². The molecule has 0 spiro atoms. The average molecular weight is 296 g/mol. The van der Waals surface area contributed by atoms with Crippen molar-refractivity contribution in [2.45, 2.75) is 0 Å². The maximum absolute atomic E-state index is 12.4. The highest BCUT2D eigenvalue weighted by Gasteiger charge is 2.23. The van der Waals surface area contributed by atoms with Crippen LogP contribution < -0.4 is 10.2 Å². The van der Waals surface area contributed by atoms with Gasteiger partial charge in [0.2, 0.25) is 0 Å². The van der Waals surface area contributed by atoms with Crippen molar-refractivity contribution in [3.8, 4) is 0 Å². The minimum Gasteiger partial charge on any atom is -0.372 e. The summed E-state index contributed by atoms with van der Waals surface area (Å²) in [4.78, 5) is 13.9. The Morgan fingerprint density at radius 1 is 1.14 bits per heavy atom. The molecule has 0 saturated carbocycles. The Kier molecular flexibility index (Phi) is 3.92. The maximum Gasteiger partial charge on any atom is 0.256 e. The van der Waals surface area contributed by atoms with Gasteiger partial charge < -0.3 is 10.2 Å². The molecule has 1 N–H and O–H groups in total. The maximum atomic E-state index is 12.4. The number of rotatable bonds is 4. The average Bonchev–Trinajstić information content (AvgIpc) is 2.84. The summed E-state index contributed by atoms with van der Waals surface area (Å²) in [5, 5.41) is 2.86. The predicted octanol–water partition coefficient (Wildman–Crippen LogP) is 3.59. The van der Waals surface area contributed by atoms with E-state index in [-0.39, 0.29) is 12.6 Å². The molecule has 22 heavy (non-hydrogen) atoms. The molecular formula is C18H17FN2O. The number of para-hydroxylation sites is 1. The summed E-state index contributed by atoms with van der Waals surface area (Å²) < 4.78 is 12.4. The number of carbonyl (C=O) groups excluding carboxylic acids is 1. The van der Waals surface area contributed by atoms with E-state index in [0.717, 1.165) is 22.5 Å². The summed E-state index contributed by atoms with van der Waals surface area (Å²) in [5.41, 5.74) is 4.33. The van der Waals surface area contributed by atoms with Crippen molar-refractivity contribution < 1.29 is 9.18 Å². The molecule has 4 heteroatoms. The topological polar surface area (TPSA) is 32.3 Å². The Morgan fingerprint density at radius 2 is 1.86 bits per heavy atom. The minimum absolute atomic E-state index is 0.0835. The molecule has 3 rings (SSSR count). The van der Waals surface area contributed by atoms with Gasteiger partial charge in [0.05, 0.1) is 0 Å². The standard InChI is InChI=1S/C18H17FN2O/c1-21(11-10-19)14-8-6-13(7-9-14)12-16-15-4-2-3-5-17(15)20-18(16)22/h2-9,12H,10-11H2,1H3,(H,20,22)/b16-12+. The normalized spacial score (nSPS) is 14.8. The number of fused-ring (bicyclic) bond motifs is 1. The Hall–Kier alpha value is -2.62. The van der Waals surface area contributed by atoms with Gasteiger partial charge in [-0.15, -0.1) is 0 Å². The zero-order chi connectivity index (χ0) is 15.5. The van der Waals surface area contributed by atoms with Gasteiger partial charge in [-0.3, -0.25) is 4.79 Å². The molecule has 0 atom stereocenters. The molecule has 2 aromatic rings. The van der Waals surface area contributed by atoms with E-state index in [0.29, 0.717) is 12.1 Å². The fourth-order valence-corrected chi connectivity index (χ4v) is 2.53. The van der Waals surface area contributed by atoms with Crippen LogP contribution in [0.3, 0.4) is 0 Å². The van der Waals surface area contributed by atoms with Crippen molar-refractivity contribution in [2.24, 2.45) is 0 Å². The summed E-state index contributed by atoms with van der Waals surface area (Å²) in [6.07, 6.45) is 1.88. The molecule has 0 aromatic heterocycles. The van der Waals surface area contributed by atoms with Crippen molar-refractivity contribution >= 4 is 28.9 Å². The monoisotopic (exact) mass is 296 g/mol. The number of alkyl halides is 1. The molecular weight excluding hydrogens is 279 g/mol. The molecule has 0 radical (unpaired) electrons. The molecule has 0 aliphatic carbocycles. The van der Waals surface area contributed by atoms with Gasteiger partial charge in [0, 0.05) is 36.1 Å². The van der Waals surface area contributed by atoms with E-state index >= 15 is 0 Å². The van der Waals surface area contributed by atoms with Crippen molar-refractivity contribution in [1.82, 2.24) is 0 Å². The van der Waals surface area contributed by atoms with Crippen LogP contribution in [0.4, 0.5) is 15.8 Å². The summed E-state index contributed by atoms with van der Waals surface area (Å²) in [6, 6.07) is 15.4. The summed E-state index contributed by atoms with van der Waals surface area (Å²) in [6.45, 7) is -0.00449. The van der Waals surface area contributed by atoms with Crippen LogP contribution in [-0.2, 0) is 4.79 Å². The zero-order valence-corrected chi connectivity index (χ0v) is 12.3. The number of benzene rings is 2. The van der Waals surface area contributed by atoms with Gasteiger partial charge in [-0.1, -0.05) is 30.3 Å². The number of nitrogens with one attached hydrogen (secondary N) is 1. The Bertz CT molecular complexity index is 722. The van der Waals surface area contributed by atoms with E-state index < -0.39 is 0 Å². The second kappa shape index (κ2) is 6.02. The first-order valence-electron chi connectivity index (χ1n) is 7.18. The van der Waals surface area contributed by atoms with Crippen LogP contribution in [0.25, 0.3) is 11.6 Å². The van der Waals surface area contributed by atoms with E-state index in [4.69, 9.17) is 0 Å². The van der Waals surface area contributed by atoms with E-state index in [1.54, 1.807) is 0 Å². The summed E-state index contributed by atoms with van der Waals surface area (Å²) >= 11 is 0. The molecule has 1 heterocycles. The third-order valence-electron chi connectivity index (χ3n) is 3.77. The highest BCUT2D eigenvalue weighted by atomic mass is 19.1. The van der Waals surface area contributed by atoms with Gasteiger partial charge in [-0.05, 0) is 29.8 Å². The Labute approximate surface area is 129 Å². The lowest BCUT2D eigenvalue weighted by Crippen LogP contribution is -2.19. The molecule has 1 aliphatic heterocycles. The predicted molar refractivity (Wildman–Crippen MR) is 88.6 cm³/mol. The van der Waals surface area contributed by atoms with Crippen LogP contribution in [0.2, 0.25) is 0 Å². The van der Waals surface area contributed by atoms with Crippen LogP contribution in [-0.4, -0.2) is 26.2 Å². The number of hydrogen-bond acceptors (Lipinski definition) is 2. The molecule has 1 aliphatic rings. The lowest BCUT2D eigenvalue weighted by molar-refractivity contribution is -0.110.